The van der Waals surface area contributed by atoms with Gasteiger partial charge in [-0.15, -0.1) is 11.6 Å². The van der Waals surface area contributed by atoms with Gasteiger partial charge in [-0.2, -0.15) is 0 Å². The summed E-state index contributed by atoms with van der Waals surface area (Å²) in [7, 11) is 0. The van der Waals surface area contributed by atoms with Crippen molar-refractivity contribution in [1.82, 2.24) is 4.90 Å². The van der Waals surface area contributed by atoms with E-state index in [0.29, 0.717) is 18.5 Å². The molecule has 0 aromatic rings. The average molecular weight is 232 g/mol. The molecule has 86 valence electrons. The maximum atomic E-state index is 12.1. The number of halogens is 1. The molecule has 2 aliphatic rings. The zero-order valence-electron chi connectivity index (χ0n) is 9.12. The first-order valence-corrected chi connectivity index (χ1v) is 6.25. The Morgan fingerprint density at radius 2 is 2.40 bits per heavy atom. The number of alkyl halides is 1. The summed E-state index contributed by atoms with van der Waals surface area (Å²) in [4.78, 5) is 14.1. The smallest absolute Gasteiger partial charge is 0.227 e. The zero-order chi connectivity index (χ0) is 10.8. The number of fused-ring (bicyclic) bond motifs is 1. The van der Waals surface area contributed by atoms with Crippen LogP contribution < -0.4 is 0 Å². The van der Waals surface area contributed by atoms with Gasteiger partial charge in [-0.1, -0.05) is 6.92 Å². The lowest BCUT2D eigenvalue weighted by Crippen LogP contribution is -2.52. The van der Waals surface area contributed by atoms with E-state index >= 15 is 0 Å². The highest BCUT2D eigenvalue weighted by Crippen LogP contribution is 2.30. The van der Waals surface area contributed by atoms with Crippen LogP contribution in [0.4, 0.5) is 0 Å². The number of carbonyl (C=O) groups is 1. The molecule has 1 heterocycles. The van der Waals surface area contributed by atoms with E-state index in [9.17, 15) is 4.79 Å². The van der Waals surface area contributed by atoms with E-state index in [-0.39, 0.29) is 17.9 Å². The Morgan fingerprint density at radius 3 is 3.13 bits per heavy atom. The minimum Gasteiger partial charge on any atom is -0.374 e. The summed E-state index contributed by atoms with van der Waals surface area (Å²) < 4.78 is 5.67. The lowest BCUT2D eigenvalue weighted by molar-refractivity contribution is -0.147. The Morgan fingerprint density at radius 1 is 1.60 bits per heavy atom. The normalized spacial score (nSPS) is 32.5. The maximum absolute atomic E-state index is 12.1. The summed E-state index contributed by atoms with van der Waals surface area (Å²) in [6.45, 7) is 3.32. The van der Waals surface area contributed by atoms with Gasteiger partial charge >= 0.3 is 0 Å². The Hall–Kier alpha value is -0.280. The van der Waals surface area contributed by atoms with E-state index < -0.39 is 0 Å². The molecule has 15 heavy (non-hydrogen) atoms. The van der Waals surface area contributed by atoms with Gasteiger partial charge in [0.15, 0.2) is 0 Å². The summed E-state index contributed by atoms with van der Waals surface area (Å²) in [5.74, 6) is 0.546. The predicted molar refractivity (Wildman–Crippen MR) is 59.0 cm³/mol. The van der Waals surface area contributed by atoms with Crippen molar-refractivity contribution in [1.29, 1.82) is 0 Å². The molecule has 4 heteroatoms. The monoisotopic (exact) mass is 231 g/mol. The van der Waals surface area contributed by atoms with Crippen molar-refractivity contribution < 1.29 is 9.53 Å². The highest BCUT2D eigenvalue weighted by molar-refractivity contribution is 6.19. The van der Waals surface area contributed by atoms with Crippen molar-refractivity contribution >= 4 is 17.5 Å². The maximum Gasteiger partial charge on any atom is 0.227 e. The van der Waals surface area contributed by atoms with Crippen LogP contribution in [0.3, 0.4) is 0 Å². The van der Waals surface area contributed by atoms with E-state index in [2.05, 4.69) is 0 Å². The fourth-order valence-electron chi connectivity index (χ4n) is 2.55. The average Bonchev–Trinajstić information content (AvgIpc) is 2.74. The number of ether oxygens (including phenoxy) is 1. The van der Waals surface area contributed by atoms with E-state index in [4.69, 9.17) is 16.3 Å². The summed E-state index contributed by atoms with van der Waals surface area (Å²) in [5, 5.41) is 0. The van der Waals surface area contributed by atoms with Crippen molar-refractivity contribution in [2.45, 2.75) is 38.3 Å². The molecule has 0 aromatic heterocycles. The van der Waals surface area contributed by atoms with Crippen LogP contribution in [0.5, 0.6) is 0 Å². The van der Waals surface area contributed by atoms with E-state index in [1.165, 1.54) is 6.42 Å². The third-order valence-corrected chi connectivity index (χ3v) is 3.88. The van der Waals surface area contributed by atoms with Crippen LogP contribution >= 0.6 is 11.6 Å². The van der Waals surface area contributed by atoms with Crippen molar-refractivity contribution in [3.63, 3.8) is 0 Å². The summed E-state index contributed by atoms with van der Waals surface area (Å²) in [6, 6.07) is 0.317. The third kappa shape index (κ3) is 2.13. The number of hydrogen-bond donors (Lipinski definition) is 0. The van der Waals surface area contributed by atoms with Gasteiger partial charge in [0, 0.05) is 18.3 Å². The first kappa shape index (κ1) is 11.2. The summed E-state index contributed by atoms with van der Waals surface area (Å²) in [6.07, 6.45) is 3.65. The second-order valence-electron chi connectivity index (χ2n) is 4.49. The molecule has 1 amide bonds. The molecule has 2 fully saturated rings. The summed E-state index contributed by atoms with van der Waals surface area (Å²) in [5.41, 5.74) is 0. The Labute approximate surface area is 95.7 Å². The largest absolute Gasteiger partial charge is 0.374 e. The highest BCUT2D eigenvalue weighted by atomic mass is 35.5. The first-order valence-electron chi connectivity index (χ1n) is 5.72. The lowest BCUT2D eigenvalue weighted by Gasteiger charge is -2.38. The minimum absolute atomic E-state index is 0.0639. The van der Waals surface area contributed by atoms with Gasteiger partial charge in [0.05, 0.1) is 18.8 Å². The summed E-state index contributed by atoms with van der Waals surface area (Å²) >= 11 is 5.73. The molecule has 0 bridgehead atoms. The van der Waals surface area contributed by atoms with Gasteiger partial charge in [-0.3, -0.25) is 4.79 Å². The third-order valence-electron chi connectivity index (χ3n) is 3.42. The van der Waals surface area contributed by atoms with Crippen molar-refractivity contribution in [3.8, 4) is 0 Å². The van der Waals surface area contributed by atoms with E-state index in [1.807, 2.05) is 11.8 Å². The molecule has 3 unspecified atom stereocenters. The predicted octanol–water partition coefficient (Wildman–Crippen LogP) is 1.64. The molecule has 1 saturated heterocycles. The van der Waals surface area contributed by atoms with Crippen LogP contribution in [0.25, 0.3) is 0 Å². The minimum atomic E-state index is -0.0639. The molecular formula is C11H18ClNO2. The van der Waals surface area contributed by atoms with Gasteiger partial charge in [0.1, 0.15) is 0 Å². The second-order valence-corrected chi connectivity index (χ2v) is 4.80. The van der Waals surface area contributed by atoms with Crippen LogP contribution in [-0.2, 0) is 9.53 Å². The number of amides is 1. The number of rotatable bonds is 2. The number of nitrogens with zero attached hydrogens (tertiary/aromatic N) is 1. The standard InChI is InChI=1S/C11H18ClNO2/c1-8(7-12)11(14)13-5-6-15-10-4-2-3-9(10)13/h8-10H,2-7H2,1H3. The molecule has 1 aliphatic heterocycles. The number of hydrogen-bond acceptors (Lipinski definition) is 2. The first-order chi connectivity index (χ1) is 7.24. The lowest BCUT2D eigenvalue weighted by atomic mass is 10.1. The number of morpholine rings is 1. The Balaban J connectivity index is 2.04. The van der Waals surface area contributed by atoms with Gasteiger partial charge in [0.25, 0.3) is 0 Å². The van der Waals surface area contributed by atoms with Gasteiger partial charge < -0.3 is 9.64 Å². The molecule has 0 aromatic carbocycles. The molecule has 0 radical (unpaired) electrons. The molecule has 3 atom stereocenters. The van der Waals surface area contributed by atoms with Crippen molar-refractivity contribution in [3.05, 3.63) is 0 Å². The fraction of sp³-hybridized carbons (Fsp3) is 0.909. The molecule has 3 nitrogen and oxygen atoms in total. The molecule has 1 aliphatic carbocycles. The van der Waals surface area contributed by atoms with Gasteiger partial charge in [-0.25, -0.2) is 0 Å². The zero-order valence-corrected chi connectivity index (χ0v) is 9.87. The van der Waals surface area contributed by atoms with Gasteiger partial charge in [-0.05, 0) is 19.3 Å². The van der Waals surface area contributed by atoms with Crippen LogP contribution in [0.2, 0.25) is 0 Å². The van der Waals surface area contributed by atoms with E-state index in [1.54, 1.807) is 0 Å². The molecule has 0 N–H and O–H groups in total. The van der Waals surface area contributed by atoms with Crippen LogP contribution in [0.1, 0.15) is 26.2 Å². The SMILES string of the molecule is CC(CCl)C(=O)N1CCOC2CCCC21. The molecule has 2 rings (SSSR count). The van der Waals surface area contributed by atoms with Crippen LogP contribution in [0.15, 0.2) is 0 Å². The topological polar surface area (TPSA) is 29.5 Å². The highest BCUT2D eigenvalue weighted by Gasteiger charge is 2.39. The number of carbonyl (C=O) groups excluding carboxylic acids is 1. The van der Waals surface area contributed by atoms with Crippen LogP contribution in [-0.4, -0.2) is 42.0 Å². The van der Waals surface area contributed by atoms with Crippen molar-refractivity contribution in [2.75, 3.05) is 19.0 Å². The van der Waals surface area contributed by atoms with Crippen LogP contribution in [0, 0.1) is 5.92 Å². The Kier molecular flexibility index (Phi) is 3.52. The Bertz CT molecular complexity index is 247. The van der Waals surface area contributed by atoms with Gasteiger partial charge in [0.2, 0.25) is 5.91 Å². The fourth-order valence-corrected chi connectivity index (χ4v) is 2.68. The molecular weight excluding hydrogens is 214 g/mol. The van der Waals surface area contributed by atoms with Crippen molar-refractivity contribution in [2.24, 2.45) is 5.92 Å². The van der Waals surface area contributed by atoms with E-state index in [0.717, 1.165) is 19.4 Å². The molecule has 1 saturated carbocycles. The second kappa shape index (κ2) is 4.71. The quantitative estimate of drug-likeness (QED) is 0.677. The molecule has 0 spiro atoms.